The molecule has 70 valence electrons. The normalized spacial score (nSPS) is 9.69. The van der Waals surface area contributed by atoms with E-state index in [1.807, 2.05) is 6.92 Å². The third-order valence-electron chi connectivity index (χ3n) is 1.53. The van der Waals surface area contributed by atoms with E-state index in [-0.39, 0.29) is 19.1 Å². The van der Waals surface area contributed by atoms with Gasteiger partial charge in [-0.05, 0) is 18.6 Å². The first-order valence-electron chi connectivity index (χ1n) is 4.05. The minimum atomic E-state index is -0.203. The van der Waals surface area contributed by atoms with E-state index in [4.69, 9.17) is 5.11 Å². The van der Waals surface area contributed by atoms with Crippen LogP contribution in [-0.4, -0.2) is 29.1 Å². The molecular weight excluding hydrogens is 168 g/mol. The number of hydrogen-bond donors (Lipinski definition) is 2. The van der Waals surface area contributed by atoms with Gasteiger partial charge in [-0.15, -0.1) is 0 Å². The van der Waals surface area contributed by atoms with Gasteiger partial charge in [-0.1, -0.05) is 0 Å². The van der Waals surface area contributed by atoms with Crippen LogP contribution in [0.5, 0.6) is 0 Å². The van der Waals surface area contributed by atoms with E-state index >= 15 is 0 Å². The Morgan fingerprint density at radius 1 is 1.62 bits per heavy atom. The van der Waals surface area contributed by atoms with E-state index in [9.17, 15) is 4.79 Å². The molecule has 0 aliphatic heterocycles. The molecule has 4 nitrogen and oxygen atoms in total. The Bertz CT molecular complexity index is 299. The van der Waals surface area contributed by atoms with E-state index in [0.717, 1.165) is 5.56 Å². The number of pyridine rings is 1. The van der Waals surface area contributed by atoms with Crippen LogP contribution >= 0.6 is 0 Å². The maximum Gasteiger partial charge on any atom is 0.252 e. The summed E-state index contributed by atoms with van der Waals surface area (Å²) >= 11 is 0. The van der Waals surface area contributed by atoms with Crippen molar-refractivity contribution < 1.29 is 9.90 Å². The highest BCUT2D eigenvalue weighted by atomic mass is 16.3. The first-order chi connectivity index (χ1) is 6.24. The summed E-state index contributed by atoms with van der Waals surface area (Å²) in [5, 5.41) is 11.0. The molecule has 1 aromatic rings. The van der Waals surface area contributed by atoms with Crippen LogP contribution in [0.3, 0.4) is 0 Å². The van der Waals surface area contributed by atoms with Gasteiger partial charge in [0.05, 0.1) is 12.2 Å². The average molecular weight is 180 g/mol. The summed E-state index contributed by atoms with van der Waals surface area (Å²) in [6.45, 7) is 2.09. The Labute approximate surface area is 76.6 Å². The molecule has 0 spiro atoms. The number of aryl methyl sites for hydroxylation is 1. The molecule has 0 aliphatic carbocycles. The van der Waals surface area contributed by atoms with Gasteiger partial charge in [-0.2, -0.15) is 0 Å². The van der Waals surface area contributed by atoms with E-state index in [1.54, 1.807) is 12.3 Å². The summed E-state index contributed by atoms with van der Waals surface area (Å²) in [5.41, 5.74) is 1.46. The van der Waals surface area contributed by atoms with Crippen molar-refractivity contribution >= 4 is 5.91 Å². The molecule has 0 aliphatic rings. The van der Waals surface area contributed by atoms with Crippen LogP contribution in [0.2, 0.25) is 0 Å². The van der Waals surface area contributed by atoms with Crippen LogP contribution in [0, 0.1) is 6.92 Å². The molecular formula is C9H12N2O2. The van der Waals surface area contributed by atoms with Crippen molar-refractivity contribution in [1.29, 1.82) is 0 Å². The molecule has 0 aromatic carbocycles. The SMILES string of the molecule is Cc1cncc(C(=O)NCCO)c1. The minimum Gasteiger partial charge on any atom is -0.395 e. The lowest BCUT2D eigenvalue weighted by atomic mass is 10.2. The molecule has 1 amide bonds. The number of nitrogens with zero attached hydrogens (tertiary/aromatic N) is 1. The summed E-state index contributed by atoms with van der Waals surface area (Å²) in [6.07, 6.45) is 3.18. The first-order valence-corrected chi connectivity index (χ1v) is 4.05. The quantitative estimate of drug-likeness (QED) is 0.694. The highest BCUT2D eigenvalue weighted by Crippen LogP contribution is 2.00. The number of aliphatic hydroxyl groups excluding tert-OH is 1. The number of carbonyl (C=O) groups excluding carboxylic acids is 1. The predicted molar refractivity (Wildman–Crippen MR) is 48.4 cm³/mol. The van der Waals surface area contributed by atoms with Crippen molar-refractivity contribution in [2.24, 2.45) is 0 Å². The Hall–Kier alpha value is -1.42. The first kappa shape index (κ1) is 9.67. The van der Waals surface area contributed by atoms with Crippen LogP contribution in [-0.2, 0) is 0 Å². The lowest BCUT2D eigenvalue weighted by Crippen LogP contribution is -2.26. The zero-order valence-electron chi connectivity index (χ0n) is 7.45. The van der Waals surface area contributed by atoms with Crippen LogP contribution in [0.15, 0.2) is 18.5 Å². The molecule has 0 atom stereocenters. The molecule has 4 heteroatoms. The van der Waals surface area contributed by atoms with Crippen LogP contribution in [0.1, 0.15) is 15.9 Å². The molecule has 1 rings (SSSR count). The second-order valence-corrected chi connectivity index (χ2v) is 2.73. The van der Waals surface area contributed by atoms with E-state index in [2.05, 4.69) is 10.3 Å². The second-order valence-electron chi connectivity index (χ2n) is 2.73. The number of carbonyl (C=O) groups is 1. The largest absolute Gasteiger partial charge is 0.395 e. The van der Waals surface area contributed by atoms with Crippen molar-refractivity contribution in [1.82, 2.24) is 10.3 Å². The molecule has 0 fully saturated rings. The monoisotopic (exact) mass is 180 g/mol. The number of aromatic nitrogens is 1. The number of rotatable bonds is 3. The van der Waals surface area contributed by atoms with Gasteiger partial charge in [0.25, 0.3) is 5.91 Å². The van der Waals surface area contributed by atoms with Gasteiger partial charge in [-0.3, -0.25) is 9.78 Å². The second kappa shape index (κ2) is 4.57. The molecule has 0 bridgehead atoms. The van der Waals surface area contributed by atoms with Gasteiger partial charge in [0.15, 0.2) is 0 Å². The number of nitrogens with one attached hydrogen (secondary N) is 1. The molecule has 1 aromatic heterocycles. The highest BCUT2D eigenvalue weighted by Gasteiger charge is 2.03. The number of amides is 1. The number of hydrogen-bond acceptors (Lipinski definition) is 3. The van der Waals surface area contributed by atoms with Gasteiger partial charge in [0.2, 0.25) is 0 Å². The fourth-order valence-electron chi connectivity index (χ4n) is 0.951. The van der Waals surface area contributed by atoms with Crippen molar-refractivity contribution in [2.45, 2.75) is 6.92 Å². The van der Waals surface area contributed by atoms with Crippen molar-refractivity contribution in [3.8, 4) is 0 Å². The highest BCUT2D eigenvalue weighted by molar-refractivity contribution is 5.93. The van der Waals surface area contributed by atoms with Crippen molar-refractivity contribution in [2.75, 3.05) is 13.2 Å². The summed E-state index contributed by atoms with van der Waals surface area (Å²) in [4.78, 5) is 15.2. The molecule has 0 saturated heterocycles. The van der Waals surface area contributed by atoms with Gasteiger partial charge in [0.1, 0.15) is 0 Å². The Morgan fingerprint density at radius 3 is 3.00 bits per heavy atom. The third kappa shape index (κ3) is 2.83. The zero-order chi connectivity index (χ0) is 9.68. The Morgan fingerprint density at radius 2 is 2.38 bits per heavy atom. The van der Waals surface area contributed by atoms with Gasteiger partial charge in [-0.25, -0.2) is 0 Å². The maximum absolute atomic E-state index is 11.3. The molecule has 0 unspecified atom stereocenters. The fraction of sp³-hybridized carbons (Fsp3) is 0.333. The summed E-state index contributed by atoms with van der Waals surface area (Å²) < 4.78 is 0. The van der Waals surface area contributed by atoms with E-state index < -0.39 is 0 Å². The van der Waals surface area contributed by atoms with Gasteiger partial charge >= 0.3 is 0 Å². The molecule has 13 heavy (non-hydrogen) atoms. The molecule has 1 heterocycles. The van der Waals surface area contributed by atoms with E-state index in [0.29, 0.717) is 5.56 Å². The summed E-state index contributed by atoms with van der Waals surface area (Å²) in [7, 11) is 0. The van der Waals surface area contributed by atoms with Gasteiger partial charge in [0, 0.05) is 18.9 Å². The minimum absolute atomic E-state index is 0.0506. The maximum atomic E-state index is 11.3. The topological polar surface area (TPSA) is 62.2 Å². The number of aliphatic hydroxyl groups is 1. The van der Waals surface area contributed by atoms with Crippen LogP contribution in [0.4, 0.5) is 0 Å². The Balaban J connectivity index is 2.66. The fourth-order valence-corrected chi connectivity index (χ4v) is 0.951. The van der Waals surface area contributed by atoms with E-state index in [1.165, 1.54) is 6.20 Å². The third-order valence-corrected chi connectivity index (χ3v) is 1.53. The lowest BCUT2D eigenvalue weighted by molar-refractivity contribution is 0.0944. The predicted octanol–water partition coefficient (Wildman–Crippen LogP) is 0.112. The molecule has 0 saturated carbocycles. The van der Waals surface area contributed by atoms with Gasteiger partial charge < -0.3 is 10.4 Å². The zero-order valence-corrected chi connectivity index (χ0v) is 7.45. The summed E-state index contributed by atoms with van der Waals surface area (Å²) in [5.74, 6) is -0.203. The van der Waals surface area contributed by atoms with Crippen molar-refractivity contribution in [3.63, 3.8) is 0 Å². The van der Waals surface area contributed by atoms with Crippen LogP contribution in [0.25, 0.3) is 0 Å². The standard InChI is InChI=1S/C9H12N2O2/c1-7-4-8(6-10-5-7)9(13)11-2-3-12/h4-6,12H,2-3H2,1H3,(H,11,13). The van der Waals surface area contributed by atoms with Crippen molar-refractivity contribution in [3.05, 3.63) is 29.6 Å². The van der Waals surface area contributed by atoms with Crippen LogP contribution < -0.4 is 5.32 Å². The average Bonchev–Trinajstić information content (AvgIpc) is 2.14. The Kier molecular flexibility index (Phi) is 3.40. The summed E-state index contributed by atoms with van der Waals surface area (Å²) in [6, 6.07) is 1.75. The molecule has 0 radical (unpaired) electrons. The smallest absolute Gasteiger partial charge is 0.252 e. The lowest BCUT2D eigenvalue weighted by Gasteiger charge is -2.02. The molecule has 2 N–H and O–H groups in total.